The number of thiophene rings is 1. The molecule has 3 fully saturated rings. The molecule has 4 aliphatic heterocycles. The summed E-state index contributed by atoms with van der Waals surface area (Å²) < 4.78 is 45.6. The number of morpholine rings is 1. The largest absolute Gasteiger partial charge is 0.399 e. The molecule has 3 atom stereocenters. The zero-order chi connectivity index (χ0) is 32.1. The number of hydrogen-bond acceptors (Lipinski definition) is 7. The van der Waals surface area contributed by atoms with Crippen molar-refractivity contribution in [3.8, 4) is 0 Å². The van der Waals surface area contributed by atoms with Crippen molar-refractivity contribution in [1.82, 2.24) is 20.0 Å². The van der Waals surface area contributed by atoms with Gasteiger partial charge in [-0.2, -0.15) is 8.78 Å². The lowest BCUT2D eigenvalue weighted by atomic mass is 9.96. The smallest absolute Gasteiger partial charge is 0.378 e. The normalized spacial score (nSPS) is 25.4. The molecule has 3 saturated heterocycles. The van der Waals surface area contributed by atoms with Crippen LogP contribution in [0.25, 0.3) is 10.1 Å². The van der Waals surface area contributed by atoms with Gasteiger partial charge in [-0.1, -0.05) is 18.2 Å². The van der Waals surface area contributed by atoms with E-state index in [4.69, 9.17) is 14.5 Å². The molecule has 1 aromatic carbocycles. The Bertz CT molecular complexity index is 1600. The summed E-state index contributed by atoms with van der Waals surface area (Å²) in [6.45, 7) is 2.65. The number of benzene rings is 1. The van der Waals surface area contributed by atoms with Crippen LogP contribution in [0.2, 0.25) is 0 Å². The average Bonchev–Trinajstić information content (AvgIpc) is 3.60. The van der Waals surface area contributed by atoms with Crippen LogP contribution in [0.3, 0.4) is 0 Å². The number of nitrogens with one attached hydrogen (secondary N) is 1. The van der Waals surface area contributed by atoms with Gasteiger partial charge < -0.3 is 34.5 Å². The first-order valence-electron chi connectivity index (χ1n) is 14.8. The van der Waals surface area contributed by atoms with Crippen LogP contribution < -0.4 is 5.32 Å². The number of amides is 4. The first-order chi connectivity index (χ1) is 21.3. The molecule has 3 N–H and O–H groups in total. The highest BCUT2D eigenvalue weighted by atomic mass is 32.1. The van der Waals surface area contributed by atoms with E-state index in [1.807, 2.05) is 12.2 Å². The Morgan fingerprint density at radius 1 is 1.00 bits per heavy atom. The van der Waals surface area contributed by atoms with Gasteiger partial charge >= 0.3 is 13.3 Å². The van der Waals surface area contributed by atoms with E-state index < -0.39 is 36.8 Å². The van der Waals surface area contributed by atoms with Gasteiger partial charge in [0.1, 0.15) is 12.1 Å². The molecular formula is C29H33F2N4O8PS. The van der Waals surface area contributed by atoms with E-state index in [1.165, 1.54) is 12.1 Å². The lowest BCUT2D eigenvalue weighted by molar-refractivity contribution is -0.156. The number of halogens is 2. The standard InChI is InChI=1S/C29H33F2N4O8PS/c30-29(31,44(40,41)42)19-5-8-23-17(13-19)14-24(45-23)25(36)32-21-4-2-1-3-20-6-7-22(35(20)27(21)38)28(39)34-15-18(16-34)26(37)33-9-11-43-12-10-33/h1-2,5,8,13-14,18,20-22H,3-4,6-7,9-12,15-16H2,(H,32,36)(H2,40,41,42)/b2-1-/t20-,21+,22+/m1/s1. The summed E-state index contributed by atoms with van der Waals surface area (Å²) in [7, 11) is -5.77. The van der Waals surface area contributed by atoms with Crippen molar-refractivity contribution in [3.63, 3.8) is 0 Å². The fraction of sp³-hybridized carbons (Fsp3) is 0.517. The van der Waals surface area contributed by atoms with Crippen LogP contribution in [-0.4, -0.2) is 106 Å². The minimum absolute atomic E-state index is 0.00913. The first-order valence-corrected chi connectivity index (χ1v) is 17.2. The Morgan fingerprint density at radius 3 is 2.42 bits per heavy atom. The molecule has 6 rings (SSSR count). The van der Waals surface area contributed by atoms with E-state index in [2.05, 4.69) is 5.32 Å². The van der Waals surface area contributed by atoms with Gasteiger partial charge in [0.15, 0.2) is 0 Å². The Morgan fingerprint density at radius 2 is 1.71 bits per heavy atom. The van der Waals surface area contributed by atoms with Crippen molar-refractivity contribution in [1.29, 1.82) is 0 Å². The molecule has 0 aliphatic carbocycles. The number of hydrogen-bond donors (Lipinski definition) is 3. The van der Waals surface area contributed by atoms with Gasteiger partial charge in [-0.25, -0.2) is 0 Å². The second-order valence-corrected chi connectivity index (χ2v) is 14.5. The number of ether oxygens (including phenoxy) is 1. The van der Waals surface area contributed by atoms with Crippen molar-refractivity contribution in [2.75, 3.05) is 39.4 Å². The van der Waals surface area contributed by atoms with Crippen molar-refractivity contribution in [2.45, 2.75) is 49.5 Å². The molecule has 0 spiro atoms. The number of rotatable bonds is 6. The SMILES string of the molecule is O=C(N[C@H]1C/C=C\C[C@@H]2CC[C@@H](C(=O)N3CC(C(=O)N4CCOCC4)C3)N2C1=O)c1cc2cc(C(F)(F)P(=O)(O)O)ccc2s1. The molecular weight excluding hydrogens is 633 g/mol. The molecule has 4 amide bonds. The highest BCUT2D eigenvalue weighted by Gasteiger charge is 2.51. The van der Waals surface area contributed by atoms with Crippen LogP contribution in [0.15, 0.2) is 36.4 Å². The summed E-state index contributed by atoms with van der Waals surface area (Å²) >= 11 is 0.991. The van der Waals surface area contributed by atoms with Gasteiger partial charge in [0.05, 0.1) is 24.0 Å². The van der Waals surface area contributed by atoms with Gasteiger partial charge in [-0.3, -0.25) is 23.7 Å². The van der Waals surface area contributed by atoms with E-state index in [1.54, 1.807) is 14.7 Å². The maximum atomic E-state index is 14.2. The predicted octanol–water partition coefficient (Wildman–Crippen LogP) is 2.25. The zero-order valence-corrected chi connectivity index (χ0v) is 25.9. The van der Waals surface area contributed by atoms with Crippen LogP contribution in [0.1, 0.15) is 40.9 Å². The zero-order valence-electron chi connectivity index (χ0n) is 24.1. The monoisotopic (exact) mass is 666 g/mol. The van der Waals surface area contributed by atoms with E-state index >= 15 is 0 Å². The minimum Gasteiger partial charge on any atom is -0.378 e. The molecule has 0 radical (unpaired) electrons. The Labute approximate surface area is 261 Å². The number of likely N-dealkylation sites (tertiary alicyclic amines) is 1. The van der Waals surface area contributed by atoms with Crippen LogP contribution in [0.4, 0.5) is 8.78 Å². The number of fused-ring (bicyclic) bond motifs is 2. The van der Waals surface area contributed by atoms with Crippen molar-refractivity contribution < 1.29 is 47.0 Å². The van der Waals surface area contributed by atoms with Gasteiger partial charge in [0.2, 0.25) is 17.7 Å². The number of carbonyl (C=O) groups is 4. The molecule has 5 heterocycles. The maximum Gasteiger partial charge on any atom is 0.399 e. The van der Waals surface area contributed by atoms with E-state index in [0.717, 1.165) is 23.5 Å². The number of nitrogens with zero attached hydrogens (tertiary/aromatic N) is 3. The van der Waals surface area contributed by atoms with Gasteiger partial charge in [0.25, 0.3) is 5.91 Å². The Balaban J connectivity index is 1.14. The fourth-order valence-electron chi connectivity index (χ4n) is 6.38. The molecule has 45 heavy (non-hydrogen) atoms. The molecule has 1 aromatic heterocycles. The number of alkyl halides is 2. The van der Waals surface area contributed by atoms with Crippen molar-refractivity contribution in [2.24, 2.45) is 5.92 Å². The maximum absolute atomic E-state index is 14.2. The summed E-state index contributed by atoms with van der Waals surface area (Å²) in [6, 6.07) is 2.55. The van der Waals surface area contributed by atoms with Gasteiger partial charge in [-0.15, -0.1) is 11.3 Å². The summed E-state index contributed by atoms with van der Waals surface area (Å²) in [6.07, 6.45) is 5.60. The summed E-state index contributed by atoms with van der Waals surface area (Å²) in [5.74, 6) is -1.48. The fourth-order valence-corrected chi connectivity index (χ4v) is 7.81. The highest BCUT2D eigenvalue weighted by Crippen LogP contribution is 2.59. The van der Waals surface area contributed by atoms with Crippen LogP contribution >= 0.6 is 18.9 Å². The molecule has 0 unspecified atom stereocenters. The molecule has 242 valence electrons. The second kappa shape index (κ2) is 12.2. The highest BCUT2D eigenvalue weighted by molar-refractivity contribution is 7.52. The van der Waals surface area contributed by atoms with Crippen LogP contribution in [-0.2, 0) is 29.3 Å². The summed E-state index contributed by atoms with van der Waals surface area (Å²) in [5.41, 5.74) is -5.26. The van der Waals surface area contributed by atoms with Crippen LogP contribution in [0, 0.1) is 5.92 Å². The van der Waals surface area contributed by atoms with E-state index in [-0.39, 0.29) is 46.4 Å². The van der Waals surface area contributed by atoms with Gasteiger partial charge in [-0.05, 0) is 49.3 Å². The van der Waals surface area contributed by atoms with Crippen LogP contribution in [0.5, 0.6) is 0 Å². The van der Waals surface area contributed by atoms with E-state index in [9.17, 15) is 32.5 Å². The Hall–Kier alpha value is -3.23. The van der Waals surface area contributed by atoms with Gasteiger partial charge in [0, 0.05) is 42.5 Å². The molecule has 4 aliphatic rings. The van der Waals surface area contributed by atoms with E-state index in [0.29, 0.717) is 63.4 Å². The van der Waals surface area contributed by atoms with Crippen molar-refractivity contribution in [3.05, 3.63) is 46.9 Å². The number of carbonyl (C=O) groups excluding carboxylic acids is 4. The summed E-state index contributed by atoms with van der Waals surface area (Å²) in [4.78, 5) is 76.8. The topological polar surface area (TPSA) is 157 Å². The third-order valence-corrected chi connectivity index (χ3v) is 11.0. The first kappa shape index (κ1) is 31.7. The third kappa shape index (κ3) is 6.03. The summed E-state index contributed by atoms with van der Waals surface area (Å²) in [5, 5.41) is 2.94. The Kier molecular flexibility index (Phi) is 8.59. The van der Waals surface area contributed by atoms with Crippen molar-refractivity contribution >= 4 is 52.6 Å². The second-order valence-electron chi connectivity index (χ2n) is 11.8. The third-order valence-electron chi connectivity index (χ3n) is 8.91. The molecule has 2 aromatic rings. The quantitative estimate of drug-likeness (QED) is 0.313. The molecule has 0 saturated carbocycles. The minimum atomic E-state index is -5.77. The molecule has 12 nitrogen and oxygen atoms in total. The molecule has 0 bridgehead atoms. The average molecular weight is 667 g/mol. The lowest BCUT2D eigenvalue weighted by Crippen LogP contribution is -2.62. The molecule has 16 heteroatoms. The predicted molar refractivity (Wildman–Crippen MR) is 159 cm³/mol. The lowest BCUT2D eigenvalue weighted by Gasteiger charge is -2.44.